The Labute approximate surface area is 107 Å². The predicted molar refractivity (Wildman–Crippen MR) is 70.6 cm³/mol. The van der Waals surface area contributed by atoms with E-state index in [0.29, 0.717) is 17.8 Å². The molecule has 0 spiro atoms. The molecule has 0 unspecified atom stereocenters. The van der Waals surface area contributed by atoms with Crippen LogP contribution in [0.3, 0.4) is 0 Å². The van der Waals surface area contributed by atoms with Crippen LogP contribution in [0.2, 0.25) is 0 Å². The average Bonchev–Trinajstić information content (AvgIpc) is 2.26. The highest BCUT2D eigenvalue weighted by molar-refractivity contribution is 5.42. The zero-order valence-electron chi connectivity index (χ0n) is 11.0. The van der Waals surface area contributed by atoms with E-state index in [9.17, 15) is 5.11 Å². The fourth-order valence-corrected chi connectivity index (χ4v) is 2.06. The second-order valence-corrected chi connectivity index (χ2v) is 5.06. The highest BCUT2D eigenvalue weighted by atomic mass is 16.3. The van der Waals surface area contributed by atoms with Crippen LogP contribution in [0.25, 0.3) is 0 Å². The standard InChI is InChI=1S/C11H20N6O/c1-16(2)10-13-9(12)14-11(15-10)17(3)6-7-4-8(18)5-7/h7-8,18H,4-6H2,1-3H3,(H2,12,13,14,15). The van der Waals surface area contributed by atoms with Gasteiger partial charge in [-0.05, 0) is 18.8 Å². The van der Waals surface area contributed by atoms with E-state index < -0.39 is 0 Å². The van der Waals surface area contributed by atoms with E-state index in [0.717, 1.165) is 19.4 Å². The van der Waals surface area contributed by atoms with E-state index in [1.54, 1.807) is 4.90 Å². The molecule has 0 radical (unpaired) electrons. The van der Waals surface area contributed by atoms with E-state index >= 15 is 0 Å². The molecule has 1 aromatic heterocycles. The van der Waals surface area contributed by atoms with Gasteiger partial charge in [0.05, 0.1) is 6.10 Å². The molecule has 1 aliphatic rings. The lowest BCUT2D eigenvalue weighted by Crippen LogP contribution is -2.37. The Bertz CT molecular complexity index is 418. The van der Waals surface area contributed by atoms with E-state index in [2.05, 4.69) is 15.0 Å². The third-order valence-electron chi connectivity index (χ3n) is 3.11. The van der Waals surface area contributed by atoms with E-state index in [-0.39, 0.29) is 12.1 Å². The van der Waals surface area contributed by atoms with Crippen LogP contribution in [0.15, 0.2) is 0 Å². The Morgan fingerprint density at radius 1 is 1.17 bits per heavy atom. The normalized spacial score (nSPS) is 22.4. The Balaban J connectivity index is 2.07. The molecule has 7 nitrogen and oxygen atoms in total. The van der Waals surface area contributed by atoms with Crippen LogP contribution in [0.1, 0.15) is 12.8 Å². The second-order valence-electron chi connectivity index (χ2n) is 5.06. The predicted octanol–water partition coefficient (Wildman–Crippen LogP) is -0.273. The number of rotatable bonds is 4. The number of hydrogen-bond donors (Lipinski definition) is 2. The SMILES string of the molecule is CN(C)c1nc(N)nc(N(C)CC2CC(O)C2)n1. The molecule has 0 aliphatic heterocycles. The second kappa shape index (κ2) is 4.93. The average molecular weight is 252 g/mol. The van der Waals surface area contributed by atoms with Crippen molar-refractivity contribution in [3.05, 3.63) is 0 Å². The van der Waals surface area contributed by atoms with Gasteiger partial charge in [-0.3, -0.25) is 0 Å². The molecule has 0 saturated heterocycles. The highest BCUT2D eigenvalue weighted by Crippen LogP contribution is 2.28. The molecule has 1 aromatic rings. The maximum absolute atomic E-state index is 9.28. The zero-order valence-corrected chi connectivity index (χ0v) is 11.0. The molecule has 0 atom stereocenters. The molecule has 7 heteroatoms. The molecule has 18 heavy (non-hydrogen) atoms. The molecule has 0 amide bonds. The summed E-state index contributed by atoms with van der Waals surface area (Å²) >= 11 is 0. The number of nitrogens with zero attached hydrogens (tertiary/aromatic N) is 5. The van der Waals surface area contributed by atoms with Crippen molar-refractivity contribution in [2.45, 2.75) is 18.9 Å². The maximum atomic E-state index is 9.28. The monoisotopic (exact) mass is 252 g/mol. The van der Waals surface area contributed by atoms with E-state index in [4.69, 9.17) is 5.73 Å². The summed E-state index contributed by atoms with van der Waals surface area (Å²) < 4.78 is 0. The minimum Gasteiger partial charge on any atom is -0.393 e. The van der Waals surface area contributed by atoms with Gasteiger partial charge in [-0.1, -0.05) is 0 Å². The summed E-state index contributed by atoms with van der Waals surface area (Å²) in [5, 5.41) is 9.28. The molecule has 1 heterocycles. The van der Waals surface area contributed by atoms with Crippen LogP contribution >= 0.6 is 0 Å². The van der Waals surface area contributed by atoms with Crippen LogP contribution in [-0.4, -0.2) is 53.9 Å². The summed E-state index contributed by atoms with van der Waals surface area (Å²) in [7, 11) is 5.65. The van der Waals surface area contributed by atoms with Crippen LogP contribution in [0.4, 0.5) is 17.8 Å². The third kappa shape index (κ3) is 2.79. The highest BCUT2D eigenvalue weighted by Gasteiger charge is 2.28. The molecule has 3 N–H and O–H groups in total. The molecule has 0 bridgehead atoms. The van der Waals surface area contributed by atoms with Gasteiger partial charge in [0.2, 0.25) is 17.8 Å². The van der Waals surface area contributed by atoms with E-state index in [1.807, 2.05) is 26.0 Å². The minimum absolute atomic E-state index is 0.135. The molecule has 1 saturated carbocycles. The van der Waals surface area contributed by atoms with Crippen LogP contribution in [-0.2, 0) is 0 Å². The van der Waals surface area contributed by atoms with Gasteiger partial charge in [0.1, 0.15) is 0 Å². The Kier molecular flexibility index (Phi) is 3.51. The zero-order chi connectivity index (χ0) is 13.3. The molecule has 1 aliphatic carbocycles. The number of aliphatic hydroxyl groups excluding tert-OH is 1. The smallest absolute Gasteiger partial charge is 0.231 e. The van der Waals surface area contributed by atoms with Gasteiger partial charge >= 0.3 is 0 Å². The van der Waals surface area contributed by atoms with Crippen LogP contribution < -0.4 is 15.5 Å². The number of hydrogen-bond acceptors (Lipinski definition) is 7. The van der Waals surface area contributed by atoms with Crippen molar-refractivity contribution < 1.29 is 5.11 Å². The van der Waals surface area contributed by atoms with Crippen molar-refractivity contribution in [3.8, 4) is 0 Å². The number of aliphatic hydroxyl groups is 1. The number of anilines is 3. The lowest BCUT2D eigenvalue weighted by atomic mass is 9.82. The molecule has 0 aromatic carbocycles. The lowest BCUT2D eigenvalue weighted by molar-refractivity contribution is 0.0463. The maximum Gasteiger partial charge on any atom is 0.231 e. The summed E-state index contributed by atoms with van der Waals surface area (Å²) in [6.07, 6.45) is 1.57. The largest absolute Gasteiger partial charge is 0.393 e. The fourth-order valence-electron chi connectivity index (χ4n) is 2.06. The van der Waals surface area contributed by atoms with Crippen molar-refractivity contribution in [1.29, 1.82) is 0 Å². The van der Waals surface area contributed by atoms with Gasteiger partial charge in [0, 0.05) is 27.7 Å². The van der Waals surface area contributed by atoms with Gasteiger partial charge in [-0.2, -0.15) is 15.0 Å². The van der Waals surface area contributed by atoms with Crippen LogP contribution in [0, 0.1) is 5.92 Å². The van der Waals surface area contributed by atoms with Crippen molar-refractivity contribution in [2.24, 2.45) is 5.92 Å². The minimum atomic E-state index is -0.135. The first-order valence-electron chi connectivity index (χ1n) is 6.03. The molecular formula is C11H20N6O. The van der Waals surface area contributed by atoms with Crippen molar-refractivity contribution >= 4 is 17.8 Å². The first-order chi connectivity index (χ1) is 8.45. The van der Waals surface area contributed by atoms with E-state index in [1.165, 1.54) is 0 Å². The Morgan fingerprint density at radius 2 is 1.78 bits per heavy atom. The van der Waals surface area contributed by atoms with Gasteiger partial charge < -0.3 is 20.6 Å². The number of nitrogens with two attached hydrogens (primary N) is 1. The van der Waals surface area contributed by atoms with Crippen molar-refractivity contribution in [3.63, 3.8) is 0 Å². The Morgan fingerprint density at radius 3 is 2.33 bits per heavy atom. The Hall–Kier alpha value is -1.63. The topological polar surface area (TPSA) is 91.4 Å². The molecule has 2 rings (SSSR count). The summed E-state index contributed by atoms with van der Waals surface area (Å²) in [6.45, 7) is 0.827. The summed E-state index contributed by atoms with van der Waals surface area (Å²) in [4.78, 5) is 16.3. The third-order valence-corrected chi connectivity index (χ3v) is 3.11. The molecule has 100 valence electrons. The summed E-state index contributed by atoms with van der Waals surface area (Å²) in [5.74, 6) is 1.86. The first-order valence-corrected chi connectivity index (χ1v) is 6.03. The van der Waals surface area contributed by atoms with Gasteiger partial charge in [0.25, 0.3) is 0 Å². The van der Waals surface area contributed by atoms with Crippen molar-refractivity contribution in [2.75, 3.05) is 43.2 Å². The summed E-state index contributed by atoms with van der Waals surface area (Å²) in [6, 6.07) is 0. The van der Waals surface area contributed by atoms with Crippen LogP contribution in [0.5, 0.6) is 0 Å². The lowest BCUT2D eigenvalue weighted by Gasteiger charge is -2.34. The molecule has 1 fully saturated rings. The quantitative estimate of drug-likeness (QED) is 0.762. The molecular weight excluding hydrogens is 232 g/mol. The number of aromatic nitrogens is 3. The first kappa shape index (κ1) is 12.8. The fraction of sp³-hybridized carbons (Fsp3) is 0.727. The van der Waals surface area contributed by atoms with Crippen molar-refractivity contribution in [1.82, 2.24) is 15.0 Å². The summed E-state index contributed by atoms with van der Waals surface area (Å²) in [5.41, 5.74) is 5.68. The number of nitrogen functional groups attached to an aromatic ring is 1. The van der Waals surface area contributed by atoms with Gasteiger partial charge in [0.15, 0.2) is 0 Å². The van der Waals surface area contributed by atoms with Gasteiger partial charge in [-0.15, -0.1) is 0 Å². The van der Waals surface area contributed by atoms with Gasteiger partial charge in [-0.25, -0.2) is 0 Å².